The van der Waals surface area contributed by atoms with Gasteiger partial charge in [0.05, 0.1) is 11.9 Å². The number of hydrogen-bond acceptors (Lipinski definition) is 5. The summed E-state index contributed by atoms with van der Waals surface area (Å²) in [4.78, 5) is 34.1. The maximum absolute atomic E-state index is 12.2. The lowest BCUT2D eigenvalue weighted by Gasteiger charge is -2.19. The van der Waals surface area contributed by atoms with Crippen molar-refractivity contribution in [1.29, 1.82) is 0 Å². The molecule has 9 heteroatoms. The van der Waals surface area contributed by atoms with Crippen molar-refractivity contribution in [3.05, 3.63) is 42.2 Å². The third kappa shape index (κ3) is 4.34. The van der Waals surface area contributed by atoms with Gasteiger partial charge in [-0.2, -0.15) is 5.10 Å². The SMILES string of the molecule is CC(C)(C(=O)O)n1cc(NC(=O)c2ccc(OCC(N)=O)cc2)cn1. The summed E-state index contributed by atoms with van der Waals surface area (Å²) in [5.41, 5.74) is 4.48. The molecule has 4 N–H and O–H groups in total. The fraction of sp³-hybridized carbons (Fsp3) is 0.250. The van der Waals surface area contributed by atoms with Crippen LogP contribution in [0.5, 0.6) is 5.75 Å². The molecule has 0 bridgehead atoms. The molecule has 1 aromatic carbocycles. The van der Waals surface area contributed by atoms with Gasteiger partial charge in [0, 0.05) is 11.8 Å². The van der Waals surface area contributed by atoms with Crippen LogP contribution in [-0.4, -0.2) is 39.3 Å². The number of amides is 2. The van der Waals surface area contributed by atoms with Gasteiger partial charge in [-0.1, -0.05) is 0 Å². The number of nitrogens with one attached hydrogen (secondary N) is 1. The van der Waals surface area contributed by atoms with Crippen molar-refractivity contribution < 1.29 is 24.2 Å². The first-order valence-electron chi connectivity index (χ1n) is 7.31. The van der Waals surface area contributed by atoms with Crippen LogP contribution in [0.15, 0.2) is 36.7 Å². The van der Waals surface area contributed by atoms with E-state index in [0.29, 0.717) is 17.0 Å². The second-order valence-electron chi connectivity index (χ2n) is 5.77. The highest BCUT2D eigenvalue weighted by Gasteiger charge is 2.30. The first-order chi connectivity index (χ1) is 11.7. The molecule has 0 radical (unpaired) electrons. The van der Waals surface area contributed by atoms with Gasteiger partial charge in [-0.3, -0.25) is 14.3 Å². The van der Waals surface area contributed by atoms with E-state index < -0.39 is 23.3 Å². The van der Waals surface area contributed by atoms with E-state index in [1.165, 1.54) is 55.2 Å². The number of aliphatic carboxylic acids is 1. The van der Waals surface area contributed by atoms with Gasteiger partial charge in [0.25, 0.3) is 11.8 Å². The van der Waals surface area contributed by atoms with E-state index in [1.807, 2.05) is 0 Å². The number of benzene rings is 1. The standard InChI is InChI=1S/C16H18N4O5/c1-16(2,15(23)24)20-8-11(7-18-20)19-14(22)10-3-5-12(6-4-10)25-9-13(17)21/h3-8H,9H2,1-2H3,(H2,17,21)(H,19,22)(H,23,24). The Hall–Kier alpha value is -3.36. The Labute approximate surface area is 143 Å². The van der Waals surface area contributed by atoms with E-state index in [9.17, 15) is 19.5 Å². The summed E-state index contributed by atoms with van der Waals surface area (Å²) in [5.74, 6) is -1.62. The first-order valence-corrected chi connectivity index (χ1v) is 7.31. The molecular formula is C16H18N4O5. The van der Waals surface area contributed by atoms with Gasteiger partial charge in [0.2, 0.25) is 0 Å². The molecule has 0 aliphatic rings. The van der Waals surface area contributed by atoms with E-state index in [2.05, 4.69) is 10.4 Å². The second-order valence-corrected chi connectivity index (χ2v) is 5.77. The zero-order chi connectivity index (χ0) is 18.6. The van der Waals surface area contributed by atoms with Crippen molar-refractivity contribution in [2.75, 3.05) is 11.9 Å². The van der Waals surface area contributed by atoms with Crippen molar-refractivity contribution in [2.45, 2.75) is 19.4 Å². The topological polar surface area (TPSA) is 137 Å². The normalized spacial score (nSPS) is 11.0. The molecule has 0 unspecified atom stereocenters. The molecule has 2 amide bonds. The summed E-state index contributed by atoms with van der Waals surface area (Å²) in [6.45, 7) is 2.75. The Morgan fingerprint density at radius 3 is 2.48 bits per heavy atom. The molecule has 0 atom stereocenters. The maximum Gasteiger partial charge on any atom is 0.331 e. The number of nitrogens with two attached hydrogens (primary N) is 1. The van der Waals surface area contributed by atoms with Crippen LogP contribution < -0.4 is 15.8 Å². The molecule has 0 aliphatic heterocycles. The van der Waals surface area contributed by atoms with Crippen molar-refractivity contribution >= 4 is 23.5 Å². The molecule has 9 nitrogen and oxygen atoms in total. The Morgan fingerprint density at radius 2 is 1.92 bits per heavy atom. The predicted octanol–water partition coefficient (Wildman–Crippen LogP) is 0.819. The van der Waals surface area contributed by atoms with Gasteiger partial charge in [-0.05, 0) is 38.1 Å². The molecule has 0 saturated carbocycles. The van der Waals surface area contributed by atoms with E-state index >= 15 is 0 Å². The molecule has 1 heterocycles. The lowest BCUT2D eigenvalue weighted by atomic mass is 10.1. The van der Waals surface area contributed by atoms with Crippen molar-refractivity contribution in [3.63, 3.8) is 0 Å². The van der Waals surface area contributed by atoms with Crippen LogP contribution in [0.25, 0.3) is 0 Å². The Morgan fingerprint density at radius 1 is 1.28 bits per heavy atom. The van der Waals surface area contributed by atoms with E-state index in [0.717, 1.165) is 0 Å². The molecule has 132 valence electrons. The molecule has 25 heavy (non-hydrogen) atoms. The molecule has 0 spiro atoms. The van der Waals surface area contributed by atoms with Gasteiger partial charge in [0.15, 0.2) is 12.1 Å². The molecule has 2 rings (SSSR count). The Kier molecular flexibility index (Phi) is 5.06. The monoisotopic (exact) mass is 346 g/mol. The molecule has 0 fully saturated rings. The fourth-order valence-electron chi connectivity index (χ4n) is 1.85. The van der Waals surface area contributed by atoms with E-state index in [4.69, 9.17) is 10.5 Å². The third-order valence-electron chi connectivity index (χ3n) is 3.43. The highest BCUT2D eigenvalue weighted by Crippen LogP contribution is 2.18. The van der Waals surface area contributed by atoms with Crippen LogP contribution in [0.2, 0.25) is 0 Å². The first kappa shape index (κ1) is 18.0. The minimum absolute atomic E-state index is 0.246. The highest BCUT2D eigenvalue weighted by molar-refractivity contribution is 6.04. The number of hydrogen-bond donors (Lipinski definition) is 3. The molecule has 0 aliphatic carbocycles. The van der Waals surface area contributed by atoms with Crippen molar-refractivity contribution in [2.24, 2.45) is 5.73 Å². The zero-order valence-corrected chi connectivity index (χ0v) is 13.7. The number of carboxylic acid groups (broad SMARTS) is 1. The highest BCUT2D eigenvalue weighted by atomic mass is 16.5. The van der Waals surface area contributed by atoms with Crippen LogP contribution in [0.1, 0.15) is 24.2 Å². The predicted molar refractivity (Wildman–Crippen MR) is 88.3 cm³/mol. The number of aromatic nitrogens is 2. The largest absolute Gasteiger partial charge is 0.484 e. The summed E-state index contributed by atoms with van der Waals surface area (Å²) in [5, 5.41) is 15.8. The third-order valence-corrected chi connectivity index (χ3v) is 3.43. The van der Waals surface area contributed by atoms with Gasteiger partial charge in [-0.15, -0.1) is 0 Å². The maximum atomic E-state index is 12.2. The number of primary amides is 1. The molecular weight excluding hydrogens is 328 g/mol. The fourth-order valence-corrected chi connectivity index (χ4v) is 1.85. The number of carboxylic acids is 1. The summed E-state index contributed by atoms with van der Waals surface area (Å²) < 4.78 is 6.36. The molecule has 1 aromatic heterocycles. The van der Waals surface area contributed by atoms with Crippen molar-refractivity contribution in [1.82, 2.24) is 9.78 Å². The average Bonchev–Trinajstić information content (AvgIpc) is 3.02. The quantitative estimate of drug-likeness (QED) is 0.679. The number of carbonyl (C=O) groups is 3. The van der Waals surface area contributed by atoms with Crippen LogP contribution in [0, 0.1) is 0 Å². The molecule has 0 saturated heterocycles. The van der Waals surface area contributed by atoms with E-state index in [1.54, 1.807) is 0 Å². The lowest BCUT2D eigenvalue weighted by molar-refractivity contribution is -0.146. The zero-order valence-electron chi connectivity index (χ0n) is 13.7. The minimum Gasteiger partial charge on any atom is -0.484 e. The van der Waals surface area contributed by atoms with Crippen LogP contribution in [0.4, 0.5) is 5.69 Å². The summed E-state index contributed by atoms with van der Waals surface area (Å²) in [7, 11) is 0. The Balaban J connectivity index is 2.04. The summed E-state index contributed by atoms with van der Waals surface area (Å²) in [6.07, 6.45) is 2.81. The lowest BCUT2D eigenvalue weighted by Crippen LogP contribution is -2.35. The minimum atomic E-state index is -1.23. The van der Waals surface area contributed by atoms with Gasteiger partial charge >= 0.3 is 5.97 Å². The second kappa shape index (κ2) is 7.04. The van der Waals surface area contributed by atoms with E-state index in [-0.39, 0.29) is 6.61 Å². The molecule has 2 aromatic rings. The van der Waals surface area contributed by atoms with Crippen LogP contribution >= 0.6 is 0 Å². The number of carbonyl (C=O) groups excluding carboxylic acids is 2. The van der Waals surface area contributed by atoms with Gasteiger partial charge in [-0.25, -0.2) is 4.79 Å². The van der Waals surface area contributed by atoms with Crippen LogP contribution in [-0.2, 0) is 15.1 Å². The average molecular weight is 346 g/mol. The summed E-state index contributed by atoms with van der Waals surface area (Å²) in [6, 6.07) is 6.12. The number of anilines is 1. The Bertz CT molecular complexity index is 795. The van der Waals surface area contributed by atoms with Crippen molar-refractivity contribution in [3.8, 4) is 5.75 Å². The van der Waals surface area contributed by atoms with Gasteiger partial charge < -0.3 is 20.9 Å². The van der Waals surface area contributed by atoms with Crippen LogP contribution in [0.3, 0.4) is 0 Å². The summed E-state index contributed by atoms with van der Waals surface area (Å²) >= 11 is 0. The number of ether oxygens (including phenoxy) is 1. The van der Waals surface area contributed by atoms with Gasteiger partial charge in [0.1, 0.15) is 5.75 Å². The number of rotatable bonds is 7. The smallest absolute Gasteiger partial charge is 0.331 e. The number of nitrogens with zero attached hydrogens (tertiary/aromatic N) is 2.